The number of rotatable bonds is 4. The number of ether oxygens (including phenoxy) is 1. The van der Waals surface area contributed by atoms with Crippen LogP contribution in [-0.4, -0.2) is 31.3 Å². The van der Waals surface area contributed by atoms with Crippen LogP contribution in [0.4, 0.5) is 13.2 Å². The van der Waals surface area contributed by atoms with Crippen LogP contribution in [0.1, 0.15) is 18.1 Å². The minimum Gasteiger partial charge on any atom is -0.484 e. The molecule has 1 heterocycles. The van der Waals surface area contributed by atoms with Gasteiger partial charge in [0.25, 0.3) is 0 Å². The van der Waals surface area contributed by atoms with Crippen molar-refractivity contribution >= 4 is 5.96 Å². The van der Waals surface area contributed by atoms with Crippen LogP contribution in [0.5, 0.6) is 5.75 Å². The monoisotopic (exact) mass is 301 g/mol. The molecule has 116 valence electrons. The van der Waals surface area contributed by atoms with E-state index in [1.807, 2.05) is 19.9 Å². The van der Waals surface area contributed by atoms with Gasteiger partial charge in [0.1, 0.15) is 5.75 Å². The summed E-state index contributed by atoms with van der Waals surface area (Å²) < 4.78 is 41.7. The minimum atomic E-state index is -4.35. The van der Waals surface area contributed by atoms with Gasteiger partial charge in [0.2, 0.25) is 0 Å². The second-order valence-electron chi connectivity index (χ2n) is 5.10. The molecule has 0 radical (unpaired) electrons. The number of benzene rings is 1. The maximum atomic E-state index is 12.3. The van der Waals surface area contributed by atoms with E-state index in [9.17, 15) is 13.2 Å². The largest absolute Gasteiger partial charge is 0.484 e. The van der Waals surface area contributed by atoms with Crippen LogP contribution in [-0.2, 0) is 6.54 Å². The Hall–Kier alpha value is -1.92. The second-order valence-corrected chi connectivity index (χ2v) is 5.10. The molecule has 4 nitrogen and oxygen atoms in total. The Kier molecular flexibility index (Phi) is 4.59. The van der Waals surface area contributed by atoms with Gasteiger partial charge in [-0.15, -0.1) is 0 Å². The molecule has 0 saturated carbocycles. The average molecular weight is 301 g/mol. The van der Waals surface area contributed by atoms with Crippen LogP contribution in [0.2, 0.25) is 0 Å². The summed E-state index contributed by atoms with van der Waals surface area (Å²) >= 11 is 0. The lowest BCUT2D eigenvalue weighted by Crippen LogP contribution is -2.37. The first kappa shape index (κ1) is 15.5. The topological polar surface area (TPSA) is 45.7 Å². The van der Waals surface area contributed by atoms with Gasteiger partial charge in [-0.2, -0.15) is 13.2 Å². The summed E-state index contributed by atoms with van der Waals surface area (Å²) in [6.45, 7) is 3.56. The molecule has 2 rings (SSSR count). The van der Waals surface area contributed by atoms with Crippen molar-refractivity contribution in [1.29, 1.82) is 0 Å². The highest BCUT2D eigenvalue weighted by Gasteiger charge is 2.28. The summed E-state index contributed by atoms with van der Waals surface area (Å²) in [5, 5.41) is 6.19. The molecule has 0 saturated heterocycles. The Bertz CT molecular complexity index is 529. The Balaban J connectivity index is 2.01. The smallest absolute Gasteiger partial charge is 0.422 e. The van der Waals surface area contributed by atoms with E-state index >= 15 is 0 Å². The van der Waals surface area contributed by atoms with Crippen molar-refractivity contribution < 1.29 is 17.9 Å². The van der Waals surface area contributed by atoms with E-state index in [-0.39, 0.29) is 11.8 Å². The zero-order chi connectivity index (χ0) is 15.5. The predicted molar refractivity (Wildman–Crippen MR) is 74.5 cm³/mol. The van der Waals surface area contributed by atoms with Gasteiger partial charge in [0.15, 0.2) is 12.6 Å². The van der Waals surface area contributed by atoms with Gasteiger partial charge in [-0.25, -0.2) is 0 Å². The zero-order valence-corrected chi connectivity index (χ0v) is 11.9. The van der Waals surface area contributed by atoms with Crippen LogP contribution < -0.4 is 15.4 Å². The molecule has 1 aliphatic heterocycles. The molecular formula is C14H18F3N3O. The van der Waals surface area contributed by atoms with Gasteiger partial charge in [-0.05, 0) is 25.5 Å². The third-order valence-corrected chi connectivity index (χ3v) is 2.97. The molecule has 2 N–H and O–H groups in total. The fourth-order valence-electron chi connectivity index (χ4n) is 1.94. The molecule has 0 aliphatic carbocycles. The lowest BCUT2D eigenvalue weighted by molar-refractivity contribution is -0.153. The van der Waals surface area contributed by atoms with Crippen molar-refractivity contribution in [2.24, 2.45) is 4.99 Å². The first-order valence-electron chi connectivity index (χ1n) is 6.67. The molecule has 1 atom stereocenters. The molecule has 0 fully saturated rings. The van der Waals surface area contributed by atoms with Crippen molar-refractivity contribution in [2.75, 3.05) is 13.2 Å². The predicted octanol–water partition coefficient (Wildman–Crippen LogP) is 2.37. The van der Waals surface area contributed by atoms with Gasteiger partial charge in [-0.3, -0.25) is 4.99 Å². The molecule has 1 unspecified atom stereocenters. The number of nitrogens with one attached hydrogen (secondary N) is 2. The SMILES string of the molecule is Cc1ccc(CNC2=NCC(C)N2)c(OCC(F)(F)F)c1. The van der Waals surface area contributed by atoms with Crippen molar-refractivity contribution in [2.45, 2.75) is 32.6 Å². The molecule has 0 spiro atoms. The quantitative estimate of drug-likeness (QED) is 0.897. The summed E-state index contributed by atoms with van der Waals surface area (Å²) in [5.74, 6) is 0.899. The minimum absolute atomic E-state index is 0.242. The van der Waals surface area contributed by atoms with E-state index in [2.05, 4.69) is 15.6 Å². The van der Waals surface area contributed by atoms with Crippen LogP contribution >= 0.6 is 0 Å². The molecule has 1 aromatic rings. The molecule has 1 aromatic carbocycles. The number of hydrogen-bond acceptors (Lipinski definition) is 4. The molecule has 0 bridgehead atoms. The maximum Gasteiger partial charge on any atom is 0.422 e. The van der Waals surface area contributed by atoms with Crippen LogP contribution in [0.15, 0.2) is 23.2 Å². The highest BCUT2D eigenvalue weighted by molar-refractivity contribution is 5.81. The van der Waals surface area contributed by atoms with E-state index in [1.165, 1.54) is 0 Å². The standard InChI is InChI=1S/C14H18F3N3O/c1-9-3-4-11(7-19-13-18-6-10(2)20-13)12(5-9)21-8-14(15,16)17/h3-5,10H,6-8H2,1-2H3,(H2,18,19,20). The van der Waals surface area contributed by atoms with Crippen molar-refractivity contribution in [3.05, 3.63) is 29.3 Å². The highest BCUT2D eigenvalue weighted by atomic mass is 19.4. The first-order chi connectivity index (χ1) is 9.83. The van der Waals surface area contributed by atoms with E-state index in [4.69, 9.17) is 4.74 Å². The number of aliphatic imine (C=N–C) groups is 1. The van der Waals surface area contributed by atoms with Crippen molar-refractivity contribution in [3.8, 4) is 5.75 Å². The van der Waals surface area contributed by atoms with Crippen molar-refractivity contribution in [3.63, 3.8) is 0 Å². The molecule has 0 aromatic heterocycles. The lowest BCUT2D eigenvalue weighted by Gasteiger charge is -2.15. The van der Waals surface area contributed by atoms with E-state index < -0.39 is 12.8 Å². The third kappa shape index (κ3) is 4.84. The number of guanidine groups is 1. The maximum absolute atomic E-state index is 12.3. The van der Waals surface area contributed by atoms with E-state index in [0.29, 0.717) is 24.6 Å². The number of aryl methyl sites for hydroxylation is 1. The van der Waals surface area contributed by atoms with Gasteiger partial charge in [0.05, 0.1) is 6.54 Å². The third-order valence-electron chi connectivity index (χ3n) is 2.97. The molecular weight excluding hydrogens is 283 g/mol. The Morgan fingerprint density at radius 1 is 1.43 bits per heavy atom. The summed E-state index contributed by atoms with van der Waals surface area (Å²) in [7, 11) is 0. The first-order valence-corrected chi connectivity index (χ1v) is 6.67. The second kappa shape index (κ2) is 6.24. The van der Waals surface area contributed by atoms with Crippen molar-refractivity contribution in [1.82, 2.24) is 10.6 Å². The summed E-state index contributed by atoms with van der Waals surface area (Å²) in [4.78, 5) is 4.24. The molecule has 0 amide bonds. The fourth-order valence-corrected chi connectivity index (χ4v) is 1.94. The number of halogens is 3. The Morgan fingerprint density at radius 3 is 2.81 bits per heavy atom. The fraction of sp³-hybridized carbons (Fsp3) is 0.500. The number of alkyl halides is 3. The van der Waals surface area contributed by atoms with Gasteiger partial charge in [0, 0.05) is 18.2 Å². The molecule has 7 heteroatoms. The van der Waals surface area contributed by atoms with Crippen LogP contribution in [0.25, 0.3) is 0 Å². The molecule has 21 heavy (non-hydrogen) atoms. The summed E-state index contributed by atoms with van der Waals surface area (Å²) in [6, 6.07) is 5.47. The summed E-state index contributed by atoms with van der Waals surface area (Å²) in [6.07, 6.45) is -4.35. The van der Waals surface area contributed by atoms with E-state index in [1.54, 1.807) is 12.1 Å². The molecule has 1 aliphatic rings. The number of nitrogens with zero attached hydrogens (tertiary/aromatic N) is 1. The normalized spacial score (nSPS) is 18.1. The van der Waals surface area contributed by atoms with Gasteiger partial charge >= 0.3 is 6.18 Å². The van der Waals surface area contributed by atoms with E-state index in [0.717, 1.165) is 5.56 Å². The lowest BCUT2D eigenvalue weighted by atomic mass is 10.1. The Labute approximate surface area is 121 Å². The van der Waals surface area contributed by atoms with Crippen LogP contribution in [0, 0.1) is 6.92 Å². The highest BCUT2D eigenvalue weighted by Crippen LogP contribution is 2.23. The van der Waals surface area contributed by atoms with Gasteiger partial charge in [-0.1, -0.05) is 12.1 Å². The summed E-state index contributed by atoms with van der Waals surface area (Å²) in [5.41, 5.74) is 1.51. The zero-order valence-electron chi connectivity index (χ0n) is 11.9. The average Bonchev–Trinajstić information content (AvgIpc) is 2.80. The Morgan fingerprint density at radius 2 is 2.19 bits per heavy atom. The number of hydrogen-bond donors (Lipinski definition) is 2. The van der Waals surface area contributed by atoms with Gasteiger partial charge < -0.3 is 15.4 Å². The van der Waals surface area contributed by atoms with Crippen LogP contribution in [0.3, 0.4) is 0 Å².